The Balaban J connectivity index is 1.71. The molecule has 2 unspecified atom stereocenters. The molecular formula is C10H16N2OS. The van der Waals surface area contributed by atoms with E-state index in [9.17, 15) is 4.79 Å². The molecule has 3 fully saturated rings. The van der Waals surface area contributed by atoms with Crippen molar-refractivity contribution < 1.29 is 4.79 Å². The summed E-state index contributed by atoms with van der Waals surface area (Å²) in [4.78, 5) is 14.1. The number of hydrogen-bond donors (Lipinski definition) is 1. The number of carbonyl (C=O) groups excluding carboxylic acids is 1. The summed E-state index contributed by atoms with van der Waals surface area (Å²) in [6.07, 6.45) is 3.28. The van der Waals surface area contributed by atoms with Gasteiger partial charge in [0.25, 0.3) is 0 Å². The van der Waals surface area contributed by atoms with Gasteiger partial charge in [0.05, 0.1) is 12.2 Å². The quantitative estimate of drug-likeness (QED) is 0.698. The van der Waals surface area contributed by atoms with Crippen molar-refractivity contribution in [2.24, 2.45) is 0 Å². The predicted molar refractivity (Wildman–Crippen MR) is 57.1 cm³/mol. The standard InChI is InChI=1S/C10H16N2OS/c1-7-4-8(5-14-7)12-6-11-10(2-3-10)9(12)13/h7-8,11H,2-6H2,1H3. The highest BCUT2D eigenvalue weighted by molar-refractivity contribution is 8.00. The van der Waals surface area contributed by atoms with Crippen LogP contribution >= 0.6 is 11.8 Å². The van der Waals surface area contributed by atoms with Gasteiger partial charge < -0.3 is 4.90 Å². The van der Waals surface area contributed by atoms with Crippen LogP contribution in [0.3, 0.4) is 0 Å². The maximum atomic E-state index is 12.0. The highest BCUT2D eigenvalue weighted by Crippen LogP contribution is 2.42. The van der Waals surface area contributed by atoms with Crippen molar-refractivity contribution in [3.05, 3.63) is 0 Å². The Hall–Kier alpha value is -0.220. The second kappa shape index (κ2) is 2.89. The van der Waals surface area contributed by atoms with Crippen molar-refractivity contribution >= 4 is 17.7 Å². The van der Waals surface area contributed by atoms with Gasteiger partial charge in [-0.2, -0.15) is 11.8 Å². The molecule has 1 N–H and O–H groups in total. The second-order valence-corrected chi connectivity index (χ2v) is 6.20. The Kier molecular flexibility index (Phi) is 1.86. The van der Waals surface area contributed by atoms with Crippen LogP contribution in [0, 0.1) is 0 Å². The second-order valence-electron chi connectivity index (χ2n) is 4.73. The monoisotopic (exact) mass is 212 g/mol. The SMILES string of the molecule is CC1CC(N2CNC3(CC3)C2=O)CS1. The fourth-order valence-electron chi connectivity index (χ4n) is 2.48. The number of nitrogens with one attached hydrogen (secondary N) is 1. The lowest BCUT2D eigenvalue weighted by atomic mass is 10.1. The van der Waals surface area contributed by atoms with E-state index in [1.54, 1.807) is 0 Å². The Morgan fingerprint density at radius 3 is 2.86 bits per heavy atom. The summed E-state index contributed by atoms with van der Waals surface area (Å²) in [5.41, 5.74) is -0.101. The molecule has 1 aliphatic carbocycles. The van der Waals surface area contributed by atoms with Crippen molar-refractivity contribution in [1.82, 2.24) is 10.2 Å². The van der Waals surface area contributed by atoms with Gasteiger partial charge in [-0.05, 0) is 19.3 Å². The van der Waals surface area contributed by atoms with Crippen LogP contribution in [0.4, 0.5) is 0 Å². The molecule has 0 aromatic rings. The topological polar surface area (TPSA) is 32.3 Å². The van der Waals surface area contributed by atoms with E-state index < -0.39 is 0 Å². The van der Waals surface area contributed by atoms with E-state index in [1.807, 2.05) is 11.8 Å². The molecule has 78 valence electrons. The minimum atomic E-state index is -0.101. The summed E-state index contributed by atoms with van der Waals surface area (Å²) < 4.78 is 0. The molecule has 2 aliphatic heterocycles. The molecule has 1 amide bonds. The van der Waals surface area contributed by atoms with Crippen LogP contribution in [0.25, 0.3) is 0 Å². The Morgan fingerprint density at radius 1 is 1.57 bits per heavy atom. The van der Waals surface area contributed by atoms with Crippen LogP contribution in [0.2, 0.25) is 0 Å². The van der Waals surface area contributed by atoms with Gasteiger partial charge in [-0.1, -0.05) is 6.92 Å². The predicted octanol–water partition coefficient (Wildman–Crippen LogP) is 0.802. The summed E-state index contributed by atoms with van der Waals surface area (Å²) in [5.74, 6) is 1.50. The highest BCUT2D eigenvalue weighted by Gasteiger charge is 2.57. The Bertz CT molecular complexity index is 277. The largest absolute Gasteiger partial charge is 0.324 e. The molecule has 1 spiro atoms. The van der Waals surface area contributed by atoms with E-state index in [0.717, 1.165) is 30.5 Å². The van der Waals surface area contributed by atoms with Crippen molar-refractivity contribution in [1.29, 1.82) is 0 Å². The number of hydrogen-bond acceptors (Lipinski definition) is 3. The molecule has 4 heteroatoms. The lowest BCUT2D eigenvalue weighted by Gasteiger charge is -2.22. The zero-order valence-electron chi connectivity index (χ0n) is 8.45. The first-order chi connectivity index (χ1) is 6.71. The normalized spacial score (nSPS) is 39.8. The molecule has 0 bridgehead atoms. The smallest absolute Gasteiger partial charge is 0.244 e. The number of amides is 1. The first-order valence-electron chi connectivity index (χ1n) is 5.39. The zero-order chi connectivity index (χ0) is 9.76. The minimum Gasteiger partial charge on any atom is -0.324 e. The molecule has 1 saturated carbocycles. The number of thioether (sulfide) groups is 1. The third kappa shape index (κ3) is 1.20. The summed E-state index contributed by atoms with van der Waals surface area (Å²) in [6.45, 7) is 3.04. The van der Waals surface area contributed by atoms with Gasteiger partial charge in [-0.15, -0.1) is 0 Å². The number of rotatable bonds is 1. The van der Waals surface area contributed by atoms with Gasteiger partial charge in [-0.25, -0.2) is 0 Å². The first-order valence-corrected chi connectivity index (χ1v) is 6.44. The van der Waals surface area contributed by atoms with Crippen molar-refractivity contribution in [3.63, 3.8) is 0 Å². The molecule has 3 aliphatic rings. The molecule has 0 aromatic carbocycles. The van der Waals surface area contributed by atoms with Crippen molar-refractivity contribution in [3.8, 4) is 0 Å². The van der Waals surface area contributed by atoms with Crippen LogP contribution in [0.5, 0.6) is 0 Å². The lowest BCUT2D eigenvalue weighted by Crippen LogP contribution is -2.39. The van der Waals surface area contributed by atoms with E-state index in [1.165, 1.54) is 6.42 Å². The van der Waals surface area contributed by atoms with Gasteiger partial charge in [0.15, 0.2) is 0 Å². The highest BCUT2D eigenvalue weighted by atomic mass is 32.2. The van der Waals surface area contributed by atoms with Gasteiger partial charge in [0.1, 0.15) is 0 Å². The van der Waals surface area contributed by atoms with Crippen LogP contribution in [0.15, 0.2) is 0 Å². The molecule has 3 rings (SSSR count). The lowest BCUT2D eigenvalue weighted by molar-refractivity contribution is -0.131. The third-order valence-electron chi connectivity index (χ3n) is 3.63. The Morgan fingerprint density at radius 2 is 2.36 bits per heavy atom. The fraction of sp³-hybridized carbons (Fsp3) is 0.900. The molecular weight excluding hydrogens is 196 g/mol. The molecule has 0 radical (unpaired) electrons. The van der Waals surface area contributed by atoms with Crippen molar-refractivity contribution in [2.75, 3.05) is 12.4 Å². The van der Waals surface area contributed by atoms with E-state index >= 15 is 0 Å². The first kappa shape index (κ1) is 9.04. The molecule has 14 heavy (non-hydrogen) atoms. The van der Waals surface area contributed by atoms with Crippen LogP contribution in [0.1, 0.15) is 26.2 Å². The number of carbonyl (C=O) groups is 1. The maximum Gasteiger partial charge on any atom is 0.244 e. The molecule has 2 saturated heterocycles. The zero-order valence-corrected chi connectivity index (χ0v) is 9.27. The summed E-state index contributed by atoms with van der Waals surface area (Å²) in [6, 6.07) is 0.495. The third-order valence-corrected chi connectivity index (χ3v) is 4.96. The van der Waals surface area contributed by atoms with Crippen molar-refractivity contribution in [2.45, 2.75) is 43.0 Å². The van der Waals surface area contributed by atoms with E-state index in [4.69, 9.17) is 0 Å². The summed E-state index contributed by atoms with van der Waals surface area (Å²) in [5, 5.41) is 4.09. The summed E-state index contributed by atoms with van der Waals surface area (Å²) in [7, 11) is 0. The molecule has 3 nitrogen and oxygen atoms in total. The van der Waals surface area contributed by atoms with Crippen LogP contribution < -0.4 is 5.32 Å². The van der Waals surface area contributed by atoms with E-state index in [0.29, 0.717) is 11.9 Å². The molecule has 2 heterocycles. The van der Waals surface area contributed by atoms with E-state index in [2.05, 4.69) is 17.1 Å². The van der Waals surface area contributed by atoms with Crippen LogP contribution in [-0.4, -0.2) is 40.1 Å². The molecule has 0 aromatic heterocycles. The van der Waals surface area contributed by atoms with Gasteiger partial charge in [0, 0.05) is 17.0 Å². The average Bonchev–Trinajstić information content (AvgIpc) is 2.73. The average molecular weight is 212 g/mol. The van der Waals surface area contributed by atoms with Gasteiger partial charge >= 0.3 is 0 Å². The number of nitrogens with zero attached hydrogens (tertiary/aromatic N) is 1. The van der Waals surface area contributed by atoms with Gasteiger partial charge in [0.2, 0.25) is 5.91 Å². The fourth-order valence-corrected chi connectivity index (χ4v) is 3.71. The van der Waals surface area contributed by atoms with Gasteiger partial charge in [-0.3, -0.25) is 10.1 Å². The Labute approximate surface area is 88.6 Å². The molecule has 2 atom stereocenters. The van der Waals surface area contributed by atoms with E-state index in [-0.39, 0.29) is 5.54 Å². The maximum absolute atomic E-state index is 12.0. The van der Waals surface area contributed by atoms with Crippen LogP contribution in [-0.2, 0) is 4.79 Å². The minimum absolute atomic E-state index is 0.101. The summed E-state index contributed by atoms with van der Waals surface area (Å²) >= 11 is 1.99.